The lowest BCUT2D eigenvalue weighted by Crippen LogP contribution is -2.47. The highest BCUT2D eigenvalue weighted by atomic mass is 14.5. The van der Waals surface area contributed by atoms with Gasteiger partial charge in [0, 0.05) is 6.42 Å². The van der Waals surface area contributed by atoms with Crippen molar-refractivity contribution in [3.05, 3.63) is 0 Å². The van der Waals surface area contributed by atoms with E-state index in [9.17, 15) is 0 Å². The Morgan fingerprint density at radius 2 is 1.56 bits per heavy atom. The molecule has 0 aromatic heterocycles. The van der Waals surface area contributed by atoms with Gasteiger partial charge in [0.05, 0.1) is 6.07 Å². The molecule has 4 saturated carbocycles. The molecule has 4 bridgehead atoms. The number of nitrogens with zero attached hydrogens (tertiary/aromatic N) is 1. The van der Waals surface area contributed by atoms with E-state index in [0.29, 0.717) is 5.92 Å². The van der Waals surface area contributed by atoms with E-state index in [1.807, 2.05) is 0 Å². The minimum Gasteiger partial charge on any atom is -0.198 e. The second kappa shape index (κ2) is 4.87. The van der Waals surface area contributed by atoms with Gasteiger partial charge in [0.25, 0.3) is 0 Å². The molecule has 0 amide bonds. The first kappa shape index (κ1) is 12.5. The van der Waals surface area contributed by atoms with Gasteiger partial charge in [0.1, 0.15) is 0 Å². The van der Waals surface area contributed by atoms with Gasteiger partial charge in [-0.15, -0.1) is 0 Å². The van der Waals surface area contributed by atoms with Gasteiger partial charge >= 0.3 is 0 Å². The van der Waals surface area contributed by atoms with Gasteiger partial charge < -0.3 is 0 Å². The van der Waals surface area contributed by atoms with E-state index in [1.54, 1.807) is 0 Å². The van der Waals surface area contributed by atoms with Gasteiger partial charge in [-0.25, -0.2) is 0 Å². The Morgan fingerprint density at radius 3 is 2.00 bits per heavy atom. The molecule has 0 aromatic carbocycles. The van der Waals surface area contributed by atoms with Crippen LogP contribution in [-0.2, 0) is 0 Å². The van der Waals surface area contributed by atoms with E-state index in [4.69, 9.17) is 5.26 Å². The maximum absolute atomic E-state index is 9.15. The fourth-order valence-corrected chi connectivity index (χ4v) is 5.84. The largest absolute Gasteiger partial charge is 0.198 e. The molecule has 0 radical (unpaired) electrons. The van der Waals surface area contributed by atoms with Crippen molar-refractivity contribution >= 4 is 0 Å². The molecular weight excluding hydrogens is 218 g/mol. The van der Waals surface area contributed by atoms with E-state index in [-0.39, 0.29) is 0 Å². The molecule has 1 unspecified atom stereocenters. The smallest absolute Gasteiger partial charge is 0.0624 e. The maximum Gasteiger partial charge on any atom is 0.0624 e. The van der Waals surface area contributed by atoms with E-state index in [0.717, 1.165) is 41.9 Å². The zero-order valence-electron chi connectivity index (χ0n) is 11.9. The normalized spacial score (nSPS) is 43.1. The van der Waals surface area contributed by atoms with Crippen molar-refractivity contribution in [2.75, 3.05) is 0 Å². The molecule has 0 saturated heterocycles. The highest BCUT2D eigenvalue weighted by Gasteiger charge is 2.50. The Bertz CT molecular complexity index is 310. The van der Waals surface area contributed by atoms with Crippen LogP contribution in [0.25, 0.3) is 0 Å². The van der Waals surface area contributed by atoms with Crippen LogP contribution in [0.1, 0.15) is 58.8 Å². The van der Waals surface area contributed by atoms with Crippen molar-refractivity contribution in [3.63, 3.8) is 0 Å². The summed E-state index contributed by atoms with van der Waals surface area (Å²) < 4.78 is 0. The van der Waals surface area contributed by atoms with E-state index in [2.05, 4.69) is 19.9 Å². The van der Waals surface area contributed by atoms with E-state index in [1.165, 1.54) is 38.5 Å². The number of nitriles is 1. The van der Waals surface area contributed by atoms with Crippen LogP contribution in [0.3, 0.4) is 0 Å². The fraction of sp³-hybridized carbons (Fsp3) is 0.941. The zero-order chi connectivity index (χ0) is 12.7. The zero-order valence-corrected chi connectivity index (χ0v) is 11.9. The van der Waals surface area contributed by atoms with Gasteiger partial charge in [-0.05, 0) is 80.0 Å². The molecule has 18 heavy (non-hydrogen) atoms. The average Bonchev–Trinajstić information content (AvgIpc) is 2.26. The Balaban J connectivity index is 1.75. The van der Waals surface area contributed by atoms with Gasteiger partial charge in [-0.1, -0.05) is 13.8 Å². The van der Waals surface area contributed by atoms with Crippen molar-refractivity contribution in [1.82, 2.24) is 0 Å². The Hall–Kier alpha value is -0.510. The first-order chi connectivity index (χ1) is 8.67. The van der Waals surface area contributed by atoms with Crippen molar-refractivity contribution in [1.29, 1.82) is 5.26 Å². The third kappa shape index (κ3) is 2.20. The highest BCUT2D eigenvalue weighted by Crippen LogP contribution is 2.59. The van der Waals surface area contributed by atoms with Crippen molar-refractivity contribution in [3.8, 4) is 6.07 Å². The summed E-state index contributed by atoms with van der Waals surface area (Å²) in [6.07, 6.45) is 9.61. The fourth-order valence-electron chi connectivity index (χ4n) is 5.84. The van der Waals surface area contributed by atoms with Crippen LogP contribution in [0.5, 0.6) is 0 Å². The summed E-state index contributed by atoms with van der Waals surface area (Å²) in [6, 6.07) is 2.48. The summed E-state index contributed by atoms with van der Waals surface area (Å²) in [4.78, 5) is 0. The van der Waals surface area contributed by atoms with Gasteiger partial charge in [0.15, 0.2) is 0 Å². The summed E-state index contributed by atoms with van der Waals surface area (Å²) in [5.41, 5.74) is 0. The van der Waals surface area contributed by atoms with Crippen molar-refractivity contribution < 1.29 is 0 Å². The topological polar surface area (TPSA) is 23.8 Å². The Kier molecular flexibility index (Phi) is 3.39. The SMILES string of the molecule is CC(C)CC(CC#N)C1C2CC3CC(C2)CC1C3. The molecule has 0 aromatic rings. The van der Waals surface area contributed by atoms with E-state index < -0.39 is 0 Å². The lowest BCUT2D eigenvalue weighted by molar-refractivity contribution is -0.0641. The Labute approximate surface area is 112 Å². The summed E-state index contributed by atoms with van der Waals surface area (Å²) in [5, 5.41) is 9.15. The first-order valence-electron chi connectivity index (χ1n) is 8.04. The number of hydrogen-bond acceptors (Lipinski definition) is 1. The monoisotopic (exact) mass is 245 g/mol. The van der Waals surface area contributed by atoms with Crippen LogP contribution < -0.4 is 0 Å². The first-order valence-corrected chi connectivity index (χ1v) is 8.04. The highest BCUT2D eigenvalue weighted by molar-refractivity contribution is 5.01. The summed E-state index contributed by atoms with van der Waals surface area (Å²) in [7, 11) is 0. The quantitative estimate of drug-likeness (QED) is 0.708. The molecular formula is C17H27N. The Morgan fingerprint density at radius 1 is 1.00 bits per heavy atom. The minimum atomic E-state index is 0.699. The lowest BCUT2D eigenvalue weighted by atomic mass is 9.49. The van der Waals surface area contributed by atoms with Gasteiger partial charge in [-0.3, -0.25) is 0 Å². The second-order valence-corrected chi connectivity index (χ2v) is 7.76. The molecule has 4 aliphatic carbocycles. The molecule has 4 fully saturated rings. The maximum atomic E-state index is 9.15. The molecule has 1 heteroatoms. The van der Waals surface area contributed by atoms with E-state index >= 15 is 0 Å². The number of hydrogen-bond donors (Lipinski definition) is 0. The molecule has 1 atom stereocenters. The predicted octanol–water partition coefficient (Wildman–Crippen LogP) is 4.63. The van der Waals surface area contributed by atoms with Crippen LogP contribution >= 0.6 is 0 Å². The van der Waals surface area contributed by atoms with Crippen LogP contribution in [0, 0.1) is 52.8 Å². The molecule has 0 N–H and O–H groups in total. The molecule has 0 aliphatic heterocycles. The average molecular weight is 245 g/mol. The molecule has 0 heterocycles. The molecule has 0 spiro atoms. The molecule has 1 nitrogen and oxygen atoms in total. The molecule has 4 aliphatic rings. The van der Waals surface area contributed by atoms with Crippen molar-refractivity contribution in [2.45, 2.75) is 58.8 Å². The van der Waals surface area contributed by atoms with Crippen molar-refractivity contribution in [2.24, 2.45) is 41.4 Å². The summed E-state index contributed by atoms with van der Waals surface area (Å²) in [6.45, 7) is 4.64. The van der Waals surface area contributed by atoms with Gasteiger partial charge in [0.2, 0.25) is 0 Å². The predicted molar refractivity (Wildman–Crippen MR) is 73.7 cm³/mol. The molecule has 100 valence electrons. The third-order valence-electron chi connectivity index (χ3n) is 5.97. The molecule has 4 rings (SSSR count). The lowest BCUT2D eigenvalue weighted by Gasteiger charge is -2.56. The third-order valence-corrected chi connectivity index (χ3v) is 5.97. The van der Waals surface area contributed by atoms with Gasteiger partial charge in [-0.2, -0.15) is 5.26 Å². The second-order valence-electron chi connectivity index (χ2n) is 7.76. The number of rotatable bonds is 4. The summed E-state index contributed by atoms with van der Waals surface area (Å²) in [5.74, 6) is 6.44. The van der Waals surface area contributed by atoms with Crippen LogP contribution in [0.4, 0.5) is 0 Å². The van der Waals surface area contributed by atoms with Crippen LogP contribution in [0.2, 0.25) is 0 Å². The minimum absolute atomic E-state index is 0.699. The standard InChI is InChI=1S/C17H27N/c1-11(2)5-14(3-4-18)17-15-7-12-6-13(9-15)10-16(17)8-12/h11-17H,3,5-10H2,1-2H3. The van der Waals surface area contributed by atoms with Crippen LogP contribution in [0.15, 0.2) is 0 Å². The van der Waals surface area contributed by atoms with Crippen LogP contribution in [-0.4, -0.2) is 0 Å². The summed E-state index contributed by atoms with van der Waals surface area (Å²) >= 11 is 0.